The molecule has 0 aromatic heterocycles. The van der Waals surface area contributed by atoms with Crippen LogP contribution in [-0.2, 0) is 4.79 Å². The van der Waals surface area contributed by atoms with Gasteiger partial charge in [0.25, 0.3) is 0 Å². The van der Waals surface area contributed by atoms with E-state index >= 15 is 0 Å². The maximum absolute atomic E-state index is 12.0. The Kier molecular flexibility index (Phi) is 4.04. The molecule has 1 aliphatic rings. The van der Waals surface area contributed by atoms with Crippen LogP contribution in [0.5, 0.6) is 0 Å². The van der Waals surface area contributed by atoms with Gasteiger partial charge in [0.2, 0.25) is 5.91 Å². The molecule has 0 spiro atoms. The molecule has 1 aliphatic heterocycles. The normalized spacial score (nSPS) is 18.5. The van der Waals surface area contributed by atoms with Crippen molar-refractivity contribution in [2.24, 2.45) is 11.0 Å². The van der Waals surface area contributed by atoms with Crippen LogP contribution in [0.2, 0.25) is 10.0 Å². The zero-order valence-electron chi connectivity index (χ0n) is 9.88. The van der Waals surface area contributed by atoms with Crippen LogP contribution in [0.3, 0.4) is 0 Å². The summed E-state index contributed by atoms with van der Waals surface area (Å²) < 4.78 is 0. The molecular weight excluding hydrogens is 289 g/mol. The summed E-state index contributed by atoms with van der Waals surface area (Å²) in [6.07, 6.45) is 0.317. The van der Waals surface area contributed by atoms with Crippen LogP contribution in [0, 0.1) is 5.92 Å². The van der Waals surface area contributed by atoms with Gasteiger partial charge in [0, 0.05) is 29.4 Å². The zero-order valence-corrected chi connectivity index (χ0v) is 11.4. The Morgan fingerprint density at radius 2 is 2.26 bits per heavy atom. The van der Waals surface area contributed by atoms with Crippen LogP contribution in [0.25, 0.3) is 10.4 Å². The molecule has 0 bridgehead atoms. The van der Waals surface area contributed by atoms with Crippen molar-refractivity contribution in [2.75, 3.05) is 23.7 Å². The summed E-state index contributed by atoms with van der Waals surface area (Å²) in [4.78, 5) is 16.2. The Labute approximate surface area is 119 Å². The molecule has 1 aromatic carbocycles. The van der Waals surface area contributed by atoms with E-state index in [-0.39, 0.29) is 18.4 Å². The second-order valence-electron chi connectivity index (χ2n) is 4.31. The Morgan fingerprint density at radius 1 is 1.53 bits per heavy atom. The maximum atomic E-state index is 12.0. The molecule has 1 heterocycles. The molecule has 1 atom stereocenters. The molecule has 1 saturated heterocycles. The van der Waals surface area contributed by atoms with Crippen LogP contribution in [0.1, 0.15) is 6.42 Å². The highest BCUT2D eigenvalue weighted by Crippen LogP contribution is 2.38. The van der Waals surface area contributed by atoms with Crippen molar-refractivity contribution in [3.63, 3.8) is 0 Å². The Morgan fingerprint density at radius 3 is 2.89 bits per heavy atom. The van der Waals surface area contributed by atoms with Gasteiger partial charge in [-0.3, -0.25) is 4.79 Å². The molecule has 2 rings (SSSR count). The van der Waals surface area contributed by atoms with E-state index in [0.29, 0.717) is 34.4 Å². The van der Waals surface area contributed by atoms with Crippen LogP contribution < -0.4 is 10.6 Å². The number of benzene rings is 1. The molecule has 0 aliphatic carbocycles. The number of hydrogen-bond acceptors (Lipinski definition) is 3. The number of nitrogens with two attached hydrogens (primary N) is 1. The second kappa shape index (κ2) is 5.57. The Bertz CT molecular complexity index is 547. The SMILES string of the molecule is [N-]=[N+]=NCC1CC(=O)N(c2c(N)cc(Cl)cc2Cl)C1. The minimum atomic E-state index is -0.0888. The van der Waals surface area contributed by atoms with Gasteiger partial charge < -0.3 is 10.6 Å². The lowest BCUT2D eigenvalue weighted by molar-refractivity contribution is -0.117. The fourth-order valence-corrected chi connectivity index (χ4v) is 2.75. The molecule has 2 N–H and O–H groups in total. The number of nitrogens with zero attached hydrogens (tertiary/aromatic N) is 4. The van der Waals surface area contributed by atoms with E-state index in [1.807, 2.05) is 0 Å². The molecule has 1 amide bonds. The minimum Gasteiger partial charge on any atom is -0.397 e. The maximum Gasteiger partial charge on any atom is 0.227 e. The summed E-state index contributed by atoms with van der Waals surface area (Å²) in [7, 11) is 0. The Balaban J connectivity index is 2.28. The number of halogens is 2. The molecule has 0 saturated carbocycles. The number of azide groups is 1. The van der Waals surface area contributed by atoms with Gasteiger partial charge in [0.15, 0.2) is 0 Å². The molecule has 1 aromatic rings. The van der Waals surface area contributed by atoms with Crippen LogP contribution in [0.4, 0.5) is 11.4 Å². The average Bonchev–Trinajstić information content (AvgIpc) is 2.67. The summed E-state index contributed by atoms with van der Waals surface area (Å²) in [6.45, 7) is 0.716. The number of nitrogen functional groups attached to an aromatic ring is 1. The number of carbonyl (C=O) groups excluding carboxylic acids is 1. The van der Waals surface area contributed by atoms with Crippen molar-refractivity contribution in [1.29, 1.82) is 0 Å². The molecule has 19 heavy (non-hydrogen) atoms. The smallest absolute Gasteiger partial charge is 0.227 e. The van der Waals surface area contributed by atoms with Gasteiger partial charge in [-0.2, -0.15) is 0 Å². The molecular formula is C11H11Cl2N5O. The van der Waals surface area contributed by atoms with Gasteiger partial charge in [-0.05, 0) is 23.6 Å². The lowest BCUT2D eigenvalue weighted by Crippen LogP contribution is -2.26. The van der Waals surface area contributed by atoms with Gasteiger partial charge in [-0.25, -0.2) is 0 Å². The van der Waals surface area contributed by atoms with E-state index in [1.165, 1.54) is 4.90 Å². The van der Waals surface area contributed by atoms with Gasteiger partial charge in [-0.15, -0.1) is 0 Å². The predicted octanol–water partition coefficient (Wildman–Crippen LogP) is 3.24. The van der Waals surface area contributed by atoms with E-state index in [2.05, 4.69) is 10.0 Å². The van der Waals surface area contributed by atoms with Crippen molar-refractivity contribution in [1.82, 2.24) is 0 Å². The number of amides is 1. The fraction of sp³-hybridized carbons (Fsp3) is 0.364. The average molecular weight is 300 g/mol. The summed E-state index contributed by atoms with van der Waals surface area (Å²) in [6, 6.07) is 3.10. The number of carbonyl (C=O) groups is 1. The standard InChI is InChI=1S/C11H11Cl2N5O/c12-7-2-8(13)11(9(14)3-7)18-5-6(1-10(18)19)4-16-17-15/h2-3,6H,1,4-5,14H2. The van der Waals surface area contributed by atoms with E-state index in [9.17, 15) is 4.79 Å². The topological polar surface area (TPSA) is 95.1 Å². The van der Waals surface area contributed by atoms with Gasteiger partial charge >= 0.3 is 0 Å². The number of rotatable bonds is 3. The first-order valence-corrected chi connectivity index (χ1v) is 6.34. The summed E-state index contributed by atoms with van der Waals surface area (Å²) >= 11 is 11.9. The third-order valence-corrected chi connectivity index (χ3v) is 3.44. The molecule has 6 nitrogen and oxygen atoms in total. The quantitative estimate of drug-likeness (QED) is 0.401. The van der Waals surface area contributed by atoms with Crippen LogP contribution >= 0.6 is 23.2 Å². The zero-order chi connectivity index (χ0) is 14.0. The monoisotopic (exact) mass is 299 g/mol. The highest BCUT2D eigenvalue weighted by Gasteiger charge is 2.32. The van der Waals surface area contributed by atoms with Gasteiger partial charge in [0.05, 0.1) is 16.4 Å². The number of anilines is 2. The van der Waals surface area contributed by atoms with Crippen molar-refractivity contribution >= 4 is 40.5 Å². The summed E-state index contributed by atoms with van der Waals surface area (Å²) in [5, 5.41) is 4.25. The van der Waals surface area contributed by atoms with E-state index in [0.717, 1.165) is 0 Å². The molecule has 100 valence electrons. The molecule has 1 unspecified atom stereocenters. The first-order chi connectivity index (χ1) is 9.02. The van der Waals surface area contributed by atoms with Gasteiger partial charge in [0.1, 0.15) is 0 Å². The summed E-state index contributed by atoms with van der Waals surface area (Å²) in [5.74, 6) is -0.108. The summed E-state index contributed by atoms with van der Waals surface area (Å²) in [5.41, 5.74) is 15.0. The third-order valence-electron chi connectivity index (χ3n) is 2.94. The lowest BCUT2D eigenvalue weighted by atomic mass is 10.1. The van der Waals surface area contributed by atoms with Crippen molar-refractivity contribution in [2.45, 2.75) is 6.42 Å². The molecule has 1 fully saturated rings. The molecule has 8 heteroatoms. The van der Waals surface area contributed by atoms with Crippen LogP contribution in [-0.4, -0.2) is 19.0 Å². The largest absolute Gasteiger partial charge is 0.397 e. The third kappa shape index (κ3) is 2.87. The number of hydrogen-bond donors (Lipinski definition) is 1. The van der Waals surface area contributed by atoms with E-state index in [1.54, 1.807) is 12.1 Å². The van der Waals surface area contributed by atoms with Crippen molar-refractivity contribution < 1.29 is 4.79 Å². The highest BCUT2D eigenvalue weighted by atomic mass is 35.5. The Hall–Kier alpha value is -1.62. The van der Waals surface area contributed by atoms with E-state index < -0.39 is 0 Å². The predicted molar refractivity (Wildman–Crippen MR) is 75.3 cm³/mol. The molecule has 0 radical (unpaired) electrons. The van der Waals surface area contributed by atoms with Crippen molar-refractivity contribution in [3.8, 4) is 0 Å². The van der Waals surface area contributed by atoms with Crippen molar-refractivity contribution in [3.05, 3.63) is 32.6 Å². The minimum absolute atomic E-state index is 0.0189. The first kappa shape index (κ1) is 13.8. The van der Waals surface area contributed by atoms with Crippen LogP contribution in [0.15, 0.2) is 17.2 Å². The second-order valence-corrected chi connectivity index (χ2v) is 5.16. The van der Waals surface area contributed by atoms with E-state index in [4.69, 9.17) is 34.5 Å². The fourth-order valence-electron chi connectivity index (χ4n) is 2.14. The lowest BCUT2D eigenvalue weighted by Gasteiger charge is -2.20. The van der Waals surface area contributed by atoms with Gasteiger partial charge in [-0.1, -0.05) is 28.3 Å². The first-order valence-electron chi connectivity index (χ1n) is 5.58. The highest BCUT2D eigenvalue weighted by molar-refractivity contribution is 6.37.